The van der Waals surface area contributed by atoms with E-state index in [2.05, 4.69) is 32.9 Å². The van der Waals surface area contributed by atoms with Gasteiger partial charge >= 0.3 is 11.9 Å². The van der Waals surface area contributed by atoms with Crippen molar-refractivity contribution in [1.82, 2.24) is 0 Å². The van der Waals surface area contributed by atoms with Gasteiger partial charge in [0, 0.05) is 5.02 Å². The van der Waals surface area contributed by atoms with Gasteiger partial charge in [0.1, 0.15) is 5.75 Å². The molecule has 0 amide bonds. The maximum Gasteiger partial charge on any atom is 0.351 e. The first kappa shape index (κ1) is 27.8. The Balaban J connectivity index is 2.74. The van der Waals surface area contributed by atoms with E-state index in [0.29, 0.717) is 22.8 Å². The lowest BCUT2D eigenvalue weighted by Crippen LogP contribution is -2.32. The molecular weight excluding hydrogens is 451 g/mol. The zero-order valence-electron chi connectivity index (χ0n) is 19.4. The van der Waals surface area contributed by atoms with Gasteiger partial charge in [-0.15, -0.1) is 0 Å². The van der Waals surface area contributed by atoms with Gasteiger partial charge in [0.15, 0.2) is 6.61 Å². The smallest absolute Gasteiger partial charge is 0.351 e. The van der Waals surface area contributed by atoms with Crippen molar-refractivity contribution in [3.63, 3.8) is 0 Å². The molecule has 0 aliphatic heterocycles. The summed E-state index contributed by atoms with van der Waals surface area (Å²) in [6.45, 7) is 9.44. The van der Waals surface area contributed by atoms with Crippen LogP contribution in [0.1, 0.15) is 53.9 Å². The van der Waals surface area contributed by atoms with Crippen molar-refractivity contribution in [3.8, 4) is 5.75 Å². The molecule has 1 atom stereocenters. The van der Waals surface area contributed by atoms with Crippen LogP contribution < -0.4 is 4.74 Å². The first-order valence-corrected chi connectivity index (χ1v) is 11.3. The van der Waals surface area contributed by atoms with Crippen molar-refractivity contribution in [3.05, 3.63) is 63.2 Å². The third-order valence-electron chi connectivity index (χ3n) is 4.40. The fraction of sp³-hybridized carbons (Fsp3) is 0.440. The molecule has 176 valence electrons. The molecule has 1 rings (SSSR count). The number of carbonyl (C=O) groups is 2. The SMILES string of the molecule is CCOC(=O)C(OC(=O)COc1ccc(Cl)cc1Cl)C(C)=CCC=C(C)CCC=C(C)C. The van der Waals surface area contributed by atoms with Crippen LogP contribution >= 0.6 is 23.2 Å². The number of hydrogen-bond donors (Lipinski definition) is 0. The first-order chi connectivity index (χ1) is 15.1. The number of carbonyl (C=O) groups excluding carboxylic acids is 2. The van der Waals surface area contributed by atoms with E-state index < -0.39 is 24.6 Å². The number of hydrogen-bond acceptors (Lipinski definition) is 5. The van der Waals surface area contributed by atoms with Crippen molar-refractivity contribution < 1.29 is 23.8 Å². The highest BCUT2D eigenvalue weighted by Gasteiger charge is 2.26. The molecule has 0 radical (unpaired) electrons. The molecule has 5 nitrogen and oxygen atoms in total. The molecule has 0 heterocycles. The van der Waals surface area contributed by atoms with Gasteiger partial charge in [0.25, 0.3) is 0 Å². The molecule has 1 unspecified atom stereocenters. The maximum absolute atomic E-state index is 12.3. The van der Waals surface area contributed by atoms with E-state index in [1.165, 1.54) is 17.2 Å². The van der Waals surface area contributed by atoms with Crippen LogP contribution in [-0.2, 0) is 19.1 Å². The molecule has 0 bridgehead atoms. The third-order valence-corrected chi connectivity index (χ3v) is 4.93. The second-order valence-corrected chi connectivity index (χ2v) is 8.38. The summed E-state index contributed by atoms with van der Waals surface area (Å²) in [4.78, 5) is 24.7. The molecular formula is C25H32Cl2O5. The minimum Gasteiger partial charge on any atom is -0.480 e. The normalized spacial score (nSPS) is 12.7. The molecule has 0 fully saturated rings. The van der Waals surface area contributed by atoms with Crippen molar-refractivity contribution in [2.75, 3.05) is 13.2 Å². The van der Waals surface area contributed by atoms with Crippen LogP contribution in [0.3, 0.4) is 0 Å². The minimum atomic E-state index is -1.13. The van der Waals surface area contributed by atoms with Crippen LogP contribution in [0.25, 0.3) is 0 Å². The Labute approximate surface area is 201 Å². The second-order valence-electron chi connectivity index (χ2n) is 7.54. The highest BCUT2D eigenvalue weighted by atomic mass is 35.5. The van der Waals surface area contributed by atoms with E-state index in [-0.39, 0.29) is 11.6 Å². The van der Waals surface area contributed by atoms with E-state index >= 15 is 0 Å². The van der Waals surface area contributed by atoms with Gasteiger partial charge in [-0.05, 0) is 77.7 Å². The third kappa shape index (κ3) is 10.9. The van der Waals surface area contributed by atoms with Crippen molar-refractivity contribution in [2.45, 2.75) is 60.0 Å². The largest absolute Gasteiger partial charge is 0.480 e. The van der Waals surface area contributed by atoms with E-state index in [0.717, 1.165) is 12.8 Å². The Morgan fingerprint density at radius 3 is 2.41 bits per heavy atom. The predicted molar refractivity (Wildman–Crippen MR) is 129 cm³/mol. The van der Waals surface area contributed by atoms with E-state index in [4.69, 9.17) is 37.4 Å². The standard InChI is InChI=1S/C25H32Cl2O5/c1-6-30-25(29)24(19(5)12-8-11-18(4)10-7-9-17(2)3)32-23(28)16-31-22-14-13-20(26)15-21(22)27/h9,11-15,24H,6-8,10,16H2,1-5H3. The van der Waals surface area contributed by atoms with Crippen LogP contribution in [-0.4, -0.2) is 31.3 Å². The quantitative estimate of drug-likeness (QED) is 0.240. The average Bonchev–Trinajstić information content (AvgIpc) is 2.71. The molecule has 0 aromatic heterocycles. The summed E-state index contributed by atoms with van der Waals surface area (Å²) in [5.41, 5.74) is 3.15. The van der Waals surface area contributed by atoms with Gasteiger partial charge in [0.2, 0.25) is 6.10 Å². The fourth-order valence-electron chi connectivity index (χ4n) is 2.68. The molecule has 7 heteroatoms. The number of benzene rings is 1. The monoisotopic (exact) mass is 482 g/mol. The molecule has 0 aliphatic carbocycles. The van der Waals surface area contributed by atoms with E-state index in [9.17, 15) is 9.59 Å². The van der Waals surface area contributed by atoms with E-state index in [1.54, 1.807) is 26.0 Å². The van der Waals surface area contributed by atoms with Gasteiger partial charge < -0.3 is 14.2 Å². The Morgan fingerprint density at radius 1 is 1.06 bits per heavy atom. The number of esters is 2. The van der Waals surface area contributed by atoms with Crippen molar-refractivity contribution in [2.24, 2.45) is 0 Å². The lowest BCUT2D eigenvalue weighted by molar-refractivity contribution is -0.166. The molecule has 1 aromatic carbocycles. The minimum absolute atomic E-state index is 0.181. The molecule has 0 spiro atoms. The first-order valence-electron chi connectivity index (χ1n) is 10.5. The van der Waals surface area contributed by atoms with Gasteiger partial charge in [-0.25, -0.2) is 9.59 Å². The van der Waals surface area contributed by atoms with Gasteiger partial charge in [0.05, 0.1) is 11.6 Å². The number of rotatable bonds is 12. The summed E-state index contributed by atoms with van der Waals surface area (Å²) >= 11 is 11.9. The molecule has 0 saturated heterocycles. The number of halogens is 2. The van der Waals surface area contributed by atoms with Crippen LogP contribution in [0.15, 0.2) is 53.1 Å². The van der Waals surface area contributed by atoms with Crippen LogP contribution in [0.2, 0.25) is 10.0 Å². The summed E-state index contributed by atoms with van der Waals surface area (Å²) in [6, 6.07) is 4.66. The van der Waals surface area contributed by atoms with Crippen LogP contribution in [0.5, 0.6) is 5.75 Å². The summed E-state index contributed by atoms with van der Waals surface area (Å²) in [6.07, 6.45) is 7.61. The summed E-state index contributed by atoms with van der Waals surface area (Å²) in [5.74, 6) is -1.04. The fourth-order valence-corrected chi connectivity index (χ4v) is 3.15. The zero-order chi connectivity index (χ0) is 24.1. The summed E-state index contributed by atoms with van der Waals surface area (Å²) < 4.78 is 15.8. The zero-order valence-corrected chi connectivity index (χ0v) is 20.9. The highest BCUT2D eigenvalue weighted by Crippen LogP contribution is 2.27. The molecule has 1 aromatic rings. The van der Waals surface area contributed by atoms with Crippen molar-refractivity contribution in [1.29, 1.82) is 0 Å². The Morgan fingerprint density at radius 2 is 1.78 bits per heavy atom. The van der Waals surface area contributed by atoms with Crippen LogP contribution in [0, 0.1) is 0 Å². The summed E-state index contributed by atoms with van der Waals surface area (Å²) in [7, 11) is 0. The molecule has 0 aliphatic rings. The topological polar surface area (TPSA) is 61.8 Å². The lowest BCUT2D eigenvalue weighted by Gasteiger charge is -2.17. The molecule has 32 heavy (non-hydrogen) atoms. The van der Waals surface area contributed by atoms with Gasteiger partial charge in [-0.2, -0.15) is 0 Å². The van der Waals surface area contributed by atoms with Gasteiger partial charge in [-0.1, -0.05) is 52.6 Å². The molecule has 0 saturated carbocycles. The average molecular weight is 483 g/mol. The second kappa shape index (κ2) is 14.8. The Bertz CT molecular complexity index is 867. The highest BCUT2D eigenvalue weighted by molar-refractivity contribution is 6.35. The number of allylic oxidation sites excluding steroid dienone is 5. The predicted octanol–water partition coefficient (Wildman–Crippen LogP) is 6.88. The van der Waals surface area contributed by atoms with E-state index in [1.807, 2.05) is 6.08 Å². The lowest BCUT2D eigenvalue weighted by atomic mass is 10.1. The van der Waals surface area contributed by atoms with Crippen LogP contribution in [0.4, 0.5) is 0 Å². The Kier molecular flexibility index (Phi) is 12.8. The van der Waals surface area contributed by atoms with Crippen molar-refractivity contribution >= 4 is 35.1 Å². The molecule has 0 N–H and O–H groups in total. The summed E-state index contributed by atoms with van der Waals surface area (Å²) in [5, 5.41) is 0.726. The Hall–Kier alpha value is -2.24. The van der Waals surface area contributed by atoms with Gasteiger partial charge in [-0.3, -0.25) is 0 Å². The number of ether oxygens (including phenoxy) is 3. The maximum atomic E-state index is 12.3.